The summed E-state index contributed by atoms with van der Waals surface area (Å²) in [5, 5.41) is 0. The van der Waals surface area contributed by atoms with E-state index in [1.165, 1.54) is 23.5 Å². The smallest absolute Gasteiger partial charge is 0.264 e. The first-order chi connectivity index (χ1) is 16.3. The highest BCUT2D eigenvalue weighted by atomic mass is 32.2. The quantitative estimate of drug-likeness (QED) is 0.339. The minimum Gasteiger partial charge on any atom is -0.497 e. The van der Waals surface area contributed by atoms with E-state index >= 15 is 0 Å². The van der Waals surface area contributed by atoms with Gasteiger partial charge in [-0.05, 0) is 74.5 Å². The molecule has 0 aliphatic heterocycles. The Labute approximate surface area is 199 Å². The summed E-state index contributed by atoms with van der Waals surface area (Å²) >= 11 is 0. The normalized spacial score (nSPS) is 11.3. The zero-order valence-electron chi connectivity index (χ0n) is 19.5. The molecule has 0 aliphatic rings. The van der Waals surface area contributed by atoms with Gasteiger partial charge in [0.25, 0.3) is 10.0 Å². The molecule has 1 heterocycles. The van der Waals surface area contributed by atoms with Gasteiger partial charge in [0.2, 0.25) is 5.89 Å². The number of benzene rings is 3. The van der Waals surface area contributed by atoms with E-state index in [-0.39, 0.29) is 11.4 Å². The van der Waals surface area contributed by atoms with Gasteiger partial charge in [-0.25, -0.2) is 13.4 Å². The molecule has 0 fully saturated rings. The van der Waals surface area contributed by atoms with E-state index in [1.54, 1.807) is 50.4 Å². The lowest BCUT2D eigenvalue weighted by Gasteiger charge is -2.24. The molecule has 0 aliphatic carbocycles. The Balaban J connectivity index is 1.75. The van der Waals surface area contributed by atoms with Gasteiger partial charge in [-0.2, -0.15) is 0 Å². The summed E-state index contributed by atoms with van der Waals surface area (Å²) in [6.45, 7) is 3.78. The van der Waals surface area contributed by atoms with Crippen LogP contribution in [0.1, 0.15) is 17.0 Å². The third-order valence-corrected chi connectivity index (χ3v) is 7.25. The van der Waals surface area contributed by atoms with Gasteiger partial charge in [0, 0.05) is 5.56 Å². The summed E-state index contributed by atoms with van der Waals surface area (Å²) in [5.41, 5.74) is 2.93. The number of aromatic nitrogens is 1. The lowest BCUT2D eigenvalue weighted by atomic mass is 10.1. The fourth-order valence-corrected chi connectivity index (χ4v) is 4.98. The number of anilines is 1. The monoisotopic (exact) mass is 478 g/mol. The third-order valence-electron chi connectivity index (χ3n) is 5.46. The van der Waals surface area contributed by atoms with Crippen LogP contribution in [0.25, 0.3) is 11.5 Å². The molecule has 4 aromatic rings. The first-order valence-corrected chi connectivity index (χ1v) is 12.1. The SMILES string of the molecule is COc1ccc(N(Cc2nc(-c3cccc(C)c3)oc2C)S(=O)(=O)c2ccc(OC)cc2)cc1. The van der Waals surface area contributed by atoms with Gasteiger partial charge in [-0.15, -0.1) is 0 Å². The number of oxazole rings is 1. The number of methoxy groups -OCH3 is 2. The van der Waals surface area contributed by atoms with Gasteiger partial charge in [0.15, 0.2) is 0 Å². The molecule has 3 aromatic carbocycles. The molecular weight excluding hydrogens is 452 g/mol. The molecular formula is C26H26N2O5S. The number of hydrogen-bond acceptors (Lipinski definition) is 6. The van der Waals surface area contributed by atoms with Crippen molar-refractivity contribution in [3.05, 3.63) is 89.8 Å². The van der Waals surface area contributed by atoms with E-state index in [0.717, 1.165) is 11.1 Å². The first-order valence-electron chi connectivity index (χ1n) is 10.7. The van der Waals surface area contributed by atoms with Crippen molar-refractivity contribution in [3.8, 4) is 23.0 Å². The number of hydrogen-bond donors (Lipinski definition) is 0. The van der Waals surface area contributed by atoms with Crippen molar-refractivity contribution in [1.82, 2.24) is 4.98 Å². The summed E-state index contributed by atoms with van der Waals surface area (Å²) < 4.78 is 45.1. The molecule has 0 amide bonds. The minimum atomic E-state index is -3.92. The Morgan fingerprint density at radius 1 is 0.882 bits per heavy atom. The van der Waals surface area contributed by atoms with E-state index < -0.39 is 10.0 Å². The van der Waals surface area contributed by atoms with Crippen molar-refractivity contribution in [1.29, 1.82) is 0 Å². The lowest BCUT2D eigenvalue weighted by Crippen LogP contribution is -2.31. The minimum absolute atomic E-state index is 0.00183. The predicted molar refractivity (Wildman–Crippen MR) is 131 cm³/mol. The Morgan fingerprint density at radius 3 is 2.09 bits per heavy atom. The number of nitrogens with zero attached hydrogens (tertiary/aromatic N) is 2. The van der Waals surface area contributed by atoms with Crippen molar-refractivity contribution in [2.24, 2.45) is 0 Å². The van der Waals surface area contributed by atoms with E-state index in [1.807, 2.05) is 31.2 Å². The van der Waals surface area contributed by atoms with Gasteiger partial charge >= 0.3 is 0 Å². The standard InChI is InChI=1S/C26H26N2O5S/c1-18-6-5-7-20(16-18)26-27-25(19(2)33-26)17-28(21-8-10-22(31-3)11-9-21)34(29,30)24-14-12-23(32-4)13-15-24/h5-16H,17H2,1-4H3. The van der Waals surface area contributed by atoms with Crippen LogP contribution in [0.5, 0.6) is 11.5 Å². The van der Waals surface area contributed by atoms with Crippen LogP contribution in [-0.2, 0) is 16.6 Å². The Kier molecular flexibility index (Phi) is 6.61. The topological polar surface area (TPSA) is 81.9 Å². The second-order valence-corrected chi connectivity index (χ2v) is 9.64. The molecule has 0 N–H and O–H groups in total. The maximum atomic E-state index is 13.7. The molecule has 7 nitrogen and oxygen atoms in total. The van der Waals surface area contributed by atoms with E-state index in [0.29, 0.717) is 34.5 Å². The van der Waals surface area contributed by atoms with Crippen LogP contribution in [-0.4, -0.2) is 27.6 Å². The van der Waals surface area contributed by atoms with Crippen molar-refractivity contribution in [2.45, 2.75) is 25.3 Å². The van der Waals surface area contributed by atoms with Crippen molar-refractivity contribution < 1.29 is 22.3 Å². The first kappa shape index (κ1) is 23.4. The highest BCUT2D eigenvalue weighted by Gasteiger charge is 2.27. The van der Waals surface area contributed by atoms with Gasteiger partial charge in [-0.3, -0.25) is 4.31 Å². The predicted octanol–water partition coefficient (Wildman–Crippen LogP) is 5.37. The molecule has 0 unspecified atom stereocenters. The second-order valence-electron chi connectivity index (χ2n) is 7.78. The molecule has 0 saturated carbocycles. The second kappa shape index (κ2) is 9.61. The number of ether oxygens (including phenoxy) is 2. The van der Waals surface area contributed by atoms with Gasteiger partial charge in [-0.1, -0.05) is 17.7 Å². The van der Waals surface area contributed by atoms with Crippen LogP contribution in [0.2, 0.25) is 0 Å². The molecule has 176 valence electrons. The average molecular weight is 479 g/mol. The maximum absolute atomic E-state index is 13.7. The van der Waals surface area contributed by atoms with Crippen LogP contribution < -0.4 is 13.8 Å². The van der Waals surface area contributed by atoms with Gasteiger partial charge < -0.3 is 13.9 Å². The largest absolute Gasteiger partial charge is 0.497 e. The molecule has 0 bridgehead atoms. The average Bonchev–Trinajstić information content (AvgIpc) is 3.23. The Hall–Kier alpha value is -3.78. The Morgan fingerprint density at radius 2 is 1.50 bits per heavy atom. The molecule has 8 heteroatoms. The molecule has 4 rings (SSSR count). The van der Waals surface area contributed by atoms with Crippen LogP contribution in [0.4, 0.5) is 5.69 Å². The van der Waals surface area contributed by atoms with Crippen molar-refractivity contribution >= 4 is 15.7 Å². The van der Waals surface area contributed by atoms with E-state index in [9.17, 15) is 8.42 Å². The summed E-state index contributed by atoms with van der Waals surface area (Å²) in [7, 11) is -0.824. The zero-order chi connectivity index (χ0) is 24.3. The van der Waals surface area contributed by atoms with Gasteiger partial charge in [0.1, 0.15) is 23.0 Å². The highest BCUT2D eigenvalue weighted by molar-refractivity contribution is 7.92. The number of rotatable bonds is 8. The zero-order valence-corrected chi connectivity index (χ0v) is 20.3. The van der Waals surface area contributed by atoms with Crippen LogP contribution in [0.3, 0.4) is 0 Å². The fourth-order valence-electron chi connectivity index (χ4n) is 3.55. The highest BCUT2D eigenvalue weighted by Crippen LogP contribution is 2.30. The van der Waals surface area contributed by atoms with E-state index in [2.05, 4.69) is 4.98 Å². The number of sulfonamides is 1. The molecule has 34 heavy (non-hydrogen) atoms. The third kappa shape index (κ3) is 4.77. The lowest BCUT2D eigenvalue weighted by molar-refractivity contribution is 0.414. The van der Waals surface area contributed by atoms with Crippen LogP contribution in [0, 0.1) is 13.8 Å². The molecule has 1 aromatic heterocycles. The summed E-state index contributed by atoms with van der Waals surface area (Å²) in [6, 6.07) is 21.0. The van der Waals surface area contributed by atoms with E-state index in [4.69, 9.17) is 13.9 Å². The summed E-state index contributed by atoms with van der Waals surface area (Å²) in [5.74, 6) is 2.21. The summed E-state index contributed by atoms with van der Waals surface area (Å²) in [4.78, 5) is 4.78. The molecule has 0 atom stereocenters. The van der Waals surface area contributed by atoms with Crippen molar-refractivity contribution in [2.75, 3.05) is 18.5 Å². The van der Waals surface area contributed by atoms with Crippen LogP contribution in [0.15, 0.2) is 82.1 Å². The molecule has 0 spiro atoms. The Bertz CT molecular complexity index is 1380. The fraction of sp³-hybridized carbons (Fsp3) is 0.192. The molecule has 0 saturated heterocycles. The molecule has 0 radical (unpaired) electrons. The maximum Gasteiger partial charge on any atom is 0.264 e. The summed E-state index contributed by atoms with van der Waals surface area (Å²) in [6.07, 6.45) is 0. The van der Waals surface area contributed by atoms with Crippen LogP contribution >= 0.6 is 0 Å². The van der Waals surface area contributed by atoms with Crippen molar-refractivity contribution in [3.63, 3.8) is 0 Å². The number of aryl methyl sites for hydroxylation is 2. The van der Waals surface area contributed by atoms with Gasteiger partial charge in [0.05, 0.1) is 31.3 Å².